The third-order valence-electron chi connectivity index (χ3n) is 4.22. The molecular formula is C17H26N2O4S. The zero-order valence-electron chi connectivity index (χ0n) is 14.9. The first-order valence-electron chi connectivity index (χ1n) is 8.11. The van der Waals surface area contributed by atoms with E-state index < -0.39 is 15.4 Å². The number of carbonyl (C=O) groups excluding carboxylic acids is 1. The van der Waals surface area contributed by atoms with Crippen molar-refractivity contribution in [3.8, 4) is 0 Å². The van der Waals surface area contributed by atoms with E-state index in [0.29, 0.717) is 19.6 Å². The number of ether oxygens (including phenoxy) is 1. The summed E-state index contributed by atoms with van der Waals surface area (Å²) >= 11 is 0. The van der Waals surface area contributed by atoms with Gasteiger partial charge in [-0.05, 0) is 57.9 Å². The second kappa shape index (κ2) is 6.82. The van der Waals surface area contributed by atoms with Gasteiger partial charge in [0.2, 0.25) is 15.9 Å². The number of benzene rings is 1. The molecule has 0 fully saturated rings. The number of rotatable bonds is 7. The molecule has 134 valence electrons. The van der Waals surface area contributed by atoms with E-state index in [1.54, 1.807) is 24.1 Å². The van der Waals surface area contributed by atoms with Gasteiger partial charge in [-0.1, -0.05) is 0 Å². The summed E-state index contributed by atoms with van der Waals surface area (Å²) < 4.78 is 32.9. The molecule has 0 bridgehead atoms. The molecule has 7 heteroatoms. The Morgan fingerprint density at radius 1 is 1.29 bits per heavy atom. The molecule has 0 atom stereocenters. The van der Waals surface area contributed by atoms with E-state index in [2.05, 4.69) is 4.72 Å². The first kappa shape index (κ1) is 18.9. The molecule has 0 spiro atoms. The highest BCUT2D eigenvalue weighted by Gasteiger charge is 2.42. The maximum atomic E-state index is 12.5. The smallest absolute Gasteiger partial charge is 0.240 e. The van der Waals surface area contributed by atoms with Crippen LogP contribution in [0.4, 0.5) is 5.69 Å². The number of nitrogens with zero attached hydrogens (tertiary/aromatic N) is 1. The number of nitrogens with one attached hydrogen (secondary N) is 1. The highest BCUT2D eigenvalue weighted by Crippen LogP contribution is 2.41. The van der Waals surface area contributed by atoms with Crippen molar-refractivity contribution in [3.05, 3.63) is 23.8 Å². The number of fused-ring (bicyclic) bond motifs is 1. The van der Waals surface area contributed by atoms with Gasteiger partial charge < -0.3 is 9.64 Å². The van der Waals surface area contributed by atoms with Gasteiger partial charge in [-0.15, -0.1) is 0 Å². The molecule has 1 aliphatic rings. The Morgan fingerprint density at radius 2 is 1.96 bits per heavy atom. The lowest BCUT2D eigenvalue weighted by Crippen LogP contribution is -2.33. The molecule has 1 N–H and O–H groups in total. The first-order chi connectivity index (χ1) is 11.1. The van der Waals surface area contributed by atoms with Gasteiger partial charge >= 0.3 is 0 Å². The molecule has 24 heavy (non-hydrogen) atoms. The van der Waals surface area contributed by atoms with Gasteiger partial charge in [-0.2, -0.15) is 0 Å². The van der Waals surface area contributed by atoms with Crippen LogP contribution in [0.5, 0.6) is 0 Å². The summed E-state index contributed by atoms with van der Waals surface area (Å²) in [6, 6.07) is 4.83. The van der Waals surface area contributed by atoms with Gasteiger partial charge in [0.1, 0.15) is 0 Å². The molecule has 0 saturated carbocycles. The standard InChI is InChI=1S/C17H26N2O4S/c1-12(2)23-10-6-9-18-24(21,22)13-7-8-15-14(11-13)17(3,4)16(20)19(15)5/h7-8,11-12,18H,6,9-10H2,1-5H3. The molecule has 0 unspecified atom stereocenters. The van der Waals surface area contributed by atoms with Crippen LogP contribution in [0.2, 0.25) is 0 Å². The first-order valence-corrected chi connectivity index (χ1v) is 9.59. The van der Waals surface area contributed by atoms with Crippen molar-refractivity contribution in [2.45, 2.75) is 50.5 Å². The monoisotopic (exact) mass is 354 g/mol. The largest absolute Gasteiger partial charge is 0.379 e. The van der Waals surface area contributed by atoms with Crippen LogP contribution in [-0.2, 0) is 25.0 Å². The minimum absolute atomic E-state index is 0.0363. The Hall–Kier alpha value is -1.44. The zero-order valence-corrected chi connectivity index (χ0v) is 15.7. The van der Waals surface area contributed by atoms with Crippen molar-refractivity contribution in [1.82, 2.24) is 4.72 Å². The van der Waals surface area contributed by atoms with Gasteiger partial charge in [-0.3, -0.25) is 4.79 Å². The summed E-state index contributed by atoms with van der Waals surface area (Å²) in [5.74, 6) is -0.0363. The molecule has 1 aromatic rings. The number of hydrogen-bond acceptors (Lipinski definition) is 4. The van der Waals surface area contributed by atoms with Crippen LogP contribution in [-0.4, -0.2) is 40.6 Å². The third-order valence-corrected chi connectivity index (χ3v) is 5.68. The van der Waals surface area contributed by atoms with E-state index >= 15 is 0 Å². The summed E-state index contributed by atoms with van der Waals surface area (Å²) in [6.07, 6.45) is 0.741. The molecule has 1 amide bonds. The second-order valence-electron chi connectivity index (χ2n) is 6.84. The third kappa shape index (κ3) is 3.63. The van der Waals surface area contributed by atoms with Gasteiger partial charge in [0, 0.05) is 25.9 Å². The fraction of sp³-hybridized carbons (Fsp3) is 0.588. The van der Waals surface area contributed by atoms with Crippen molar-refractivity contribution >= 4 is 21.6 Å². The minimum Gasteiger partial charge on any atom is -0.379 e. The summed E-state index contributed by atoms with van der Waals surface area (Å²) in [6.45, 7) is 8.32. The van der Waals surface area contributed by atoms with Crippen LogP contribution in [0, 0.1) is 0 Å². The van der Waals surface area contributed by atoms with Crippen LogP contribution in [0.1, 0.15) is 39.7 Å². The predicted molar refractivity (Wildman–Crippen MR) is 93.8 cm³/mol. The molecule has 0 aromatic heterocycles. The van der Waals surface area contributed by atoms with E-state index in [9.17, 15) is 13.2 Å². The van der Waals surface area contributed by atoms with Gasteiger partial charge in [0.25, 0.3) is 0 Å². The van der Waals surface area contributed by atoms with E-state index in [4.69, 9.17) is 4.74 Å². The Labute approximate surface area is 144 Å². The highest BCUT2D eigenvalue weighted by molar-refractivity contribution is 7.89. The fourth-order valence-corrected chi connectivity index (χ4v) is 3.90. The Morgan fingerprint density at radius 3 is 2.58 bits per heavy atom. The lowest BCUT2D eigenvalue weighted by atomic mass is 9.86. The van der Waals surface area contributed by atoms with E-state index in [1.165, 1.54) is 6.07 Å². The molecule has 0 aliphatic carbocycles. The van der Waals surface area contributed by atoms with Crippen LogP contribution >= 0.6 is 0 Å². The molecule has 0 saturated heterocycles. The molecule has 1 aromatic carbocycles. The van der Waals surface area contributed by atoms with Gasteiger partial charge in [0.05, 0.1) is 16.4 Å². The molecule has 1 aliphatic heterocycles. The van der Waals surface area contributed by atoms with Crippen molar-refractivity contribution in [2.75, 3.05) is 25.1 Å². The van der Waals surface area contributed by atoms with Crippen LogP contribution in [0.15, 0.2) is 23.1 Å². The lowest BCUT2D eigenvalue weighted by molar-refractivity contribution is -0.121. The second-order valence-corrected chi connectivity index (χ2v) is 8.61. The summed E-state index contributed by atoms with van der Waals surface area (Å²) in [4.78, 5) is 14.0. The van der Waals surface area contributed by atoms with Crippen molar-refractivity contribution < 1.29 is 17.9 Å². The highest BCUT2D eigenvalue weighted by atomic mass is 32.2. The number of carbonyl (C=O) groups is 1. The fourth-order valence-electron chi connectivity index (χ4n) is 2.80. The SMILES string of the molecule is CC(C)OCCCNS(=O)(=O)c1ccc2c(c1)C(C)(C)C(=O)N2C. The summed E-state index contributed by atoms with van der Waals surface area (Å²) in [5, 5.41) is 0. The van der Waals surface area contributed by atoms with Crippen molar-refractivity contribution in [1.29, 1.82) is 0 Å². The zero-order chi connectivity index (χ0) is 18.1. The van der Waals surface area contributed by atoms with E-state index in [-0.39, 0.29) is 16.9 Å². The number of likely N-dealkylation sites (N-methyl/N-ethyl adjacent to an activating group) is 1. The Balaban J connectivity index is 2.13. The van der Waals surface area contributed by atoms with Gasteiger partial charge in [0.15, 0.2) is 0 Å². The molecular weight excluding hydrogens is 328 g/mol. The van der Waals surface area contributed by atoms with E-state index in [1.807, 2.05) is 27.7 Å². The maximum absolute atomic E-state index is 12.5. The number of hydrogen-bond donors (Lipinski definition) is 1. The van der Waals surface area contributed by atoms with Crippen LogP contribution < -0.4 is 9.62 Å². The number of sulfonamides is 1. The van der Waals surface area contributed by atoms with Crippen molar-refractivity contribution in [2.24, 2.45) is 0 Å². The lowest BCUT2D eigenvalue weighted by Gasteiger charge is -2.16. The van der Waals surface area contributed by atoms with Crippen LogP contribution in [0.25, 0.3) is 0 Å². The molecule has 0 radical (unpaired) electrons. The normalized spacial score (nSPS) is 16.8. The molecule has 6 nitrogen and oxygen atoms in total. The molecule has 2 rings (SSSR count). The Kier molecular flexibility index (Phi) is 5.37. The number of anilines is 1. The summed E-state index contributed by atoms with van der Waals surface area (Å²) in [7, 11) is -1.90. The molecule has 1 heterocycles. The van der Waals surface area contributed by atoms with E-state index in [0.717, 1.165) is 11.3 Å². The number of amides is 1. The average Bonchev–Trinajstić information content (AvgIpc) is 2.67. The van der Waals surface area contributed by atoms with Crippen LogP contribution in [0.3, 0.4) is 0 Å². The minimum atomic E-state index is -3.60. The quantitative estimate of drug-likeness (QED) is 0.760. The predicted octanol–water partition coefficient (Wildman–Crippen LogP) is 2.03. The summed E-state index contributed by atoms with van der Waals surface area (Å²) in [5.41, 5.74) is 0.774. The topological polar surface area (TPSA) is 75.7 Å². The van der Waals surface area contributed by atoms with Crippen molar-refractivity contribution in [3.63, 3.8) is 0 Å². The van der Waals surface area contributed by atoms with Gasteiger partial charge in [-0.25, -0.2) is 13.1 Å². The maximum Gasteiger partial charge on any atom is 0.240 e. The Bertz CT molecular complexity index is 726. The average molecular weight is 354 g/mol.